The number of cyclic esters (lactones) is 2. The van der Waals surface area contributed by atoms with Gasteiger partial charge in [-0.1, -0.05) is 30.3 Å². The van der Waals surface area contributed by atoms with Gasteiger partial charge >= 0.3 is 18.0 Å². The summed E-state index contributed by atoms with van der Waals surface area (Å²) >= 11 is 0. The van der Waals surface area contributed by atoms with Gasteiger partial charge in [-0.05, 0) is 18.4 Å². The largest absolute Gasteiger partial charge is 0.466 e. The summed E-state index contributed by atoms with van der Waals surface area (Å²) in [5.74, 6) is -1.27. The Morgan fingerprint density at radius 1 is 1.25 bits per heavy atom. The smallest absolute Gasteiger partial charge is 0.415 e. The summed E-state index contributed by atoms with van der Waals surface area (Å²) in [5, 5.41) is 2.24. The molecule has 1 aromatic carbocycles. The Hall–Kier alpha value is -2.37. The molecule has 106 valence electrons. The number of esters is 2. The van der Waals surface area contributed by atoms with Gasteiger partial charge in [0.2, 0.25) is 0 Å². The van der Waals surface area contributed by atoms with Crippen LogP contribution in [0.4, 0.5) is 4.79 Å². The number of alkyl carbamates (subject to hydrolysis) is 1. The number of carbonyl (C=O) groups is 3. The lowest BCUT2D eigenvalue weighted by Gasteiger charge is -2.07. The van der Waals surface area contributed by atoms with Gasteiger partial charge in [0.05, 0.1) is 13.0 Å². The topological polar surface area (TPSA) is 81.7 Å². The van der Waals surface area contributed by atoms with E-state index < -0.39 is 24.1 Å². The molecule has 0 bridgehead atoms. The normalized spacial score (nSPS) is 17.5. The van der Waals surface area contributed by atoms with Crippen molar-refractivity contribution in [2.45, 2.75) is 25.3 Å². The number of hydrogen-bond donors (Lipinski definition) is 1. The number of aryl methyl sites for hydroxylation is 1. The molecule has 1 aliphatic rings. The van der Waals surface area contributed by atoms with Crippen molar-refractivity contribution >= 4 is 18.0 Å². The summed E-state index contributed by atoms with van der Waals surface area (Å²) in [6.07, 6.45) is 0.501. The van der Waals surface area contributed by atoms with E-state index in [0.29, 0.717) is 6.42 Å². The van der Waals surface area contributed by atoms with E-state index in [1.807, 2.05) is 30.3 Å². The summed E-state index contributed by atoms with van der Waals surface area (Å²) in [4.78, 5) is 33.4. The Labute approximate surface area is 116 Å². The van der Waals surface area contributed by atoms with Gasteiger partial charge in [0.25, 0.3) is 0 Å². The van der Waals surface area contributed by atoms with Crippen LogP contribution < -0.4 is 5.32 Å². The third-order valence-electron chi connectivity index (χ3n) is 2.86. The van der Waals surface area contributed by atoms with Gasteiger partial charge in [-0.15, -0.1) is 0 Å². The van der Waals surface area contributed by atoms with Crippen molar-refractivity contribution in [3.63, 3.8) is 0 Å². The van der Waals surface area contributed by atoms with Crippen molar-refractivity contribution in [1.29, 1.82) is 0 Å². The molecule has 1 atom stereocenters. The SMILES string of the molecule is O=C(CC1NC(=O)OC1=O)OCCCc1ccccc1. The highest BCUT2D eigenvalue weighted by Gasteiger charge is 2.34. The number of nitrogens with one attached hydrogen (secondary N) is 1. The van der Waals surface area contributed by atoms with Crippen molar-refractivity contribution in [1.82, 2.24) is 5.32 Å². The lowest BCUT2D eigenvalue weighted by molar-refractivity contribution is -0.147. The van der Waals surface area contributed by atoms with Crippen LogP contribution in [0.5, 0.6) is 0 Å². The van der Waals surface area contributed by atoms with Gasteiger partial charge in [-0.25, -0.2) is 9.59 Å². The zero-order valence-electron chi connectivity index (χ0n) is 10.8. The molecule has 1 heterocycles. The number of rotatable bonds is 6. The lowest BCUT2D eigenvalue weighted by atomic mass is 10.1. The summed E-state index contributed by atoms with van der Waals surface area (Å²) in [5.41, 5.74) is 1.18. The zero-order valence-corrected chi connectivity index (χ0v) is 10.8. The van der Waals surface area contributed by atoms with Crippen LogP contribution in [0.1, 0.15) is 18.4 Å². The van der Waals surface area contributed by atoms with E-state index in [-0.39, 0.29) is 13.0 Å². The fourth-order valence-electron chi connectivity index (χ4n) is 1.86. The highest BCUT2D eigenvalue weighted by atomic mass is 16.6. The van der Waals surface area contributed by atoms with Crippen LogP contribution in [0.25, 0.3) is 0 Å². The van der Waals surface area contributed by atoms with E-state index >= 15 is 0 Å². The second kappa shape index (κ2) is 6.70. The summed E-state index contributed by atoms with van der Waals surface area (Å²) in [6.45, 7) is 0.281. The van der Waals surface area contributed by atoms with Crippen molar-refractivity contribution < 1.29 is 23.9 Å². The van der Waals surface area contributed by atoms with Crippen molar-refractivity contribution in [2.24, 2.45) is 0 Å². The molecule has 1 aliphatic heterocycles. The van der Waals surface area contributed by atoms with E-state index in [9.17, 15) is 14.4 Å². The maximum Gasteiger partial charge on any atom is 0.415 e. The molecule has 0 aliphatic carbocycles. The number of benzene rings is 1. The average Bonchev–Trinajstić information content (AvgIpc) is 2.74. The molecule has 1 fully saturated rings. The fraction of sp³-hybridized carbons (Fsp3) is 0.357. The first-order valence-corrected chi connectivity index (χ1v) is 6.37. The average molecular weight is 277 g/mol. The maximum atomic E-state index is 11.5. The second-order valence-corrected chi connectivity index (χ2v) is 4.42. The molecule has 0 radical (unpaired) electrons. The summed E-state index contributed by atoms with van der Waals surface area (Å²) < 4.78 is 9.27. The molecule has 6 heteroatoms. The minimum absolute atomic E-state index is 0.199. The Bertz CT molecular complexity index is 500. The minimum Gasteiger partial charge on any atom is -0.466 e. The van der Waals surface area contributed by atoms with Crippen molar-refractivity contribution in [2.75, 3.05) is 6.61 Å². The van der Waals surface area contributed by atoms with E-state index in [2.05, 4.69) is 10.1 Å². The summed E-state index contributed by atoms with van der Waals surface area (Å²) in [7, 11) is 0. The van der Waals surface area contributed by atoms with E-state index in [1.54, 1.807) is 0 Å². The quantitative estimate of drug-likeness (QED) is 0.480. The molecule has 2 rings (SSSR count). The molecule has 0 aromatic heterocycles. The molecule has 1 N–H and O–H groups in total. The molecule has 0 spiro atoms. The zero-order chi connectivity index (χ0) is 14.4. The van der Waals surface area contributed by atoms with Gasteiger partial charge in [0, 0.05) is 0 Å². The third kappa shape index (κ3) is 4.08. The minimum atomic E-state index is -0.927. The highest BCUT2D eigenvalue weighted by molar-refractivity contribution is 5.97. The van der Waals surface area contributed by atoms with Gasteiger partial charge in [-0.3, -0.25) is 4.79 Å². The molecule has 1 unspecified atom stereocenters. The van der Waals surface area contributed by atoms with Gasteiger partial charge in [0.1, 0.15) is 6.04 Å². The van der Waals surface area contributed by atoms with E-state index in [0.717, 1.165) is 6.42 Å². The van der Waals surface area contributed by atoms with Crippen LogP contribution in [0, 0.1) is 0 Å². The van der Waals surface area contributed by atoms with Crippen LogP contribution in [-0.4, -0.2) is 30.7 Å². The Morgan fingerprint density at radius 3 is 2.65 bits per heavy atom. The summed E-state index contributed by atoms with van der Waals surface area (Å²) in [6, 6.07) is 8.94. The monoisotopic (exact) mass is 277 g/mol. The number of ether oxygens (including phenoxy) is 2. The van der Waals surface area contributed by atoms with Gasteiger partial charge in [0.15, 0.2) is 0 Å². The first kappa shape index (κ1) is 14.0. The highest BCUT2D eigenvalue weighted by Crippen LogP contribution is 2.06. The predicted octanol–water partition coefficient (Wildman–Crippen LogP) is 1.19. The lowest BCUT2D eigenvalue weighted by Crippen LogP contribution is -2.31. The molecule has 1 aromatic rings. The predicted molar refractivity (Wildman–Crippen MR) is 68.8 cm³/mol. The molecule has 6 nitrogen and oxygen atoms in total. The molecular formula is C14H15NO5. The van der Waals surface area contributed by atoms with Crippen LogP contribution in [-0.2, 0) is 25.5 Å². The molecular weight excluding hydrogens is 262 g/mol. The van der Waals surface area contributed by atoms with Crippen LogP contribution in [0.15, 0.2) is 30.3 Å². The first-order chi connectivity index (χ1) is 9.65. The Balaban J connectivity index is 1.63. The number of carbonyl (C=O) groups excluding carboxylic acids is 3. The maximum absolute atomic E-state index is 11.5. The molecule has 0 saturated carbocycles. The standard InChI is InChI=1S/C14H15NO5/c16-12(9-11-13(17)20-14(18)15-11)19-8-4-7-10-5-2-1-3-6-10/h1-3,5-6,11H,4,7-9H2,(H,15,18). The Kier molecular flexibility index (Phi) is 4.70. The van der Waals surface area contributed by atoms with Crippen LogP contribution in [0.2, 0.25) is 0 Å². The number of amides is 1. The van der Waals surface area contributed by atoms with Crippen LogP contribution >= 0.6 is 0 Å². The van der Waals surface area contributed by atoms with Crippen molar-refractivity contribution in [3.05, 3.63) is 35.9 Å². The fourth-order valence-corrected chi connectivity index (χ4v) is 1.86. The van der Waals surface area contributed by atoms with E-state index in [1.165, 1.54) is 5.56 Å². The first-order valence-electron chi connectivity index (χ1n) is 6.37. The third-order valence-corrected chi connectivity index (χ3v) is 2.86. The van der Waals surface area contributed by atoms with Crippen LogP contribution in [0.3, 0.4) is 0 Å². The van der Waals surface area contributed by atoms with Crippen molar-refractivity contribution in [3.8, 4) is 0 Å². The Morgan fingerprint density at radius 2 is 2.00 bits per heavy atom. The molecule has 1 amide bonds. The van der Waals surface area contributed by atoms with Gasteiger partial charge < -0.3 is 14.8 Å². The van der Waals surface area contributed by atoms with Gasteiger partial charge in [-0.2, -0.15) is 0 Å². The molecule has 1 saturated heterocycles. The second-order valence-electron chi connectivity index (χ2n) is 4.42. The van der Waals surface area contributed by atoms with E-state index in [4.69, 9.17) is 4.74 Å². The number of hydrogen-bond acceptors (Lipinski definition) is 5. The molecule has 20 heavy (non-hydrogen) atoms.